The molecular formula is C8H6ClOZn-. The molecule has 0 N–H and O–H groups in total. The summed E-state index contributed by atoms with van der Waals surface area (Å²) in [5, 5.41) is 1.11. The number of hydrogen-bond donors (Lipinski definition) is 0. The molecule has 0 aliphatic carbocycles. The van der Waals surface area contributed by atoms with Gasteiger partial charge in [0.05, 0.1) is 0 Å². The molecule has 0 saturated heterocycles. The van der Waals surface area contributed by atoms with Gasteiger partial charge in [-0.25, -0.2) is 0 Å². The molecule has 0 bridgehead atoms. The summed E-state index contributed by atoms with van der Waals surface area (Å²) in [6.07, 6.45) is 2.66. The number of para-hydroxylation sites is 1. The minimum absolute atomic E-state index is 0. The van der Waals surface area contributed by atoms with Crippen molar-refractivity contribution in [1.82, 2.24) is 0 Å². The van der Waals surface area contributed by atoms with Crippen molar-refractivity contribution < 1.29 is 23.9 Å². The van der Waals surface area contributed by atoms with Gasteiger partial charge in [0.2, 0.25) is 0 Å². The fraction of sp³-hybridized carbons (Fsp3) is 0. The molecule has 1 heterocycles. The predicted octanol–water partition coefficient (Wildman–Crippen LogP) is 2.65. The van der Waals surface area contributed by atoms with E-state index in [4.69, 9.17) is 4.42 Å². The molecule has 0 radical (unpaired) electrons. The molecule has 2 aromatic rings. The molecule has 0 atom stereocenters. The van der Waals surface area contributed by atoms with Crippen LogP contribution >= 0.6 is 12.4 Å². The molecule has 2 rings (SSSR count). The van der Waals surface area contributed by atoms with Gasteiger partial charge in [-0.05, 0) is 11.8 Å². The molecule has 0 spiro atoms. The molecular weight excluding hydrogens is 213 g/mol. The first-order valence-corrected chi connectivity index (χ1v) is 2.81. The van der Waals surface area contributed by atoms with E-state index in [0.717, 1.165) is 11.0 Å². The molecule has 0 amide bonds. The largest absolute Gasteiger partial charge is 0.591 e. The first kappa shape index (κ1) is 10.7. The quantitative estimate of drug-likeness (QED) is 0.490. The summed E-state index contributed by atoms with van der Waals surface area (Å²) in [6, 6.07) is 9.67. The number of hydrogen-bond acceptors (Lipinski definition) is 1. The second-order valence-electron chi connectivity index (χ2n) is 1.90. The van der Waals surface area contributed by atoms with Gasteiger partial charge in [-0.1, -0.05) is 18.2 Å². The second kappa shape index (κ2) is 4.53. The zero-order valence-corrected chi connectivity index (χ0v) is 9.69. The Morgan fingerprint density at radius 2 is 1.91 bits per heavy atom. The van der Waals surface area contributed by atoms with Crippen LogP contribution in [0.2, 0.25) is 0 Å². The normalized spacial score (nSPS) is 8.36. The van der Waals surface area contributed by atoms with Crippen molar-refractivity contribution in [3.8, 4) is 0 Å². The van der Waals surface area contributed by atoms with E-state index in [1.807, 2.05) is 30.3 Å². The van der Waals surface area contributed by atoms with Crippen LogP contribution in [0.4, 0.5) is 0 Å². The Bertz CT molecular complexity index is 288. The van der Waals surface area contributed by atoms with Gasteiger partial charge in [0.1, 0.15) is 0 Å². The van der Waals surface area contributed by atoms with Crippen molar-refractivity contribution in [2.24, 2.45) is 0 Å². The summed E-state index contributed by atoms with van der Waals surface area (Å²) < 4.78 is 4.99. The Balaban J connectivity index is 0.000000500. The number of halogens is 1. The van der Waals surface area contributed by atoms with Gasteiger partial charge >= 0.3 is 0 Å². The van der Waals surface area contributed by atoms with Gasteiger partial charge < -0.3 is 4.42 Å². The molecule has 0 aliphatic heterocycles. The maximum Gasteiger partial charge on any atom is 0 e. The fourth-order valence-corrected chi connectivity index (χ4v) is 0.849. The first-order chi connectivity index (χ1) is 4.47. The van der Waals surface area contributed by atoms with Gasteiger partial charge in [-0.3, -0.25) is 0 Å². The van der Waals surface area contributed by atoms with E-state index >= 15 is 0 Å². The van der Waals surface area contributed by atoms with E-state index in [-0.39, 0.29) is 31.9 Å². The summed E-state index contributed by atoms with van der Waals surface area (Å²) in [6.45, 7) is 0. The van der Waals surface area contributed by atoms with Crippen LogP contribution in [0, 0.1) is 6.26 Å². The summed E-state index contributed by atoms with van der Waals surface area (Å²) in [7, 11) is 0. The summed E-state index contributed by atoms with van der Waals surface area (Å²) in [5.41, 5.74) is 0.900. The zero-order chi connectivity index (χ0) is 6.10. The average molecular weight is 219 g/mol. The number of fused-ring (bicyclic) bond motifs is 1. The SMILES string of the molecule is Cl.[Zn].[c-]1cc2ccccc2o1. The van der Waals surface area contributed by atoms with E-state index in [1.54, 1.807) is 0 Å². The Labute approximate surface area is 83.9 Å². The maximum absolute atomic E-state index is 4.99. The maximum atomic E-state index is 4.99. The average Bonchev–Trinajstić information content (AvgIpc) is 2.33. The number of furan rings is 1. The third-order valence-electron chi connectivity index (χ3n) is 1.30. The Kier molecular flexibility index (Phi) is 4.40. The van der Waals surface area contributed by atoms with Crippen molar-refractivity contribution >= 4 is 23.4 Å². The zero-order valence-electron chi connectivity index (χ0n) is 5.91. The number of rotatable bonds is 0. The fourth-order valence-electron chi connectivity index (χ4n) is 0.849. The molecule has 0 unspecified atom stereocenters. The van der Waals surface area contributed by atoms with Crippen molar-refractivity contribution in [2.45, 2.75) is 0 Å². The Hall–Kier alpha value is -0.327. The van der Waals surface area contributed by atoms with Crippen LogP contribution in [-0.2, 0) is 19.5 Å². The minimum Gasteiger partial charge on any atom is -0.591 e. The molecule has 1 nitrogen and oxygen atoms in total. The van der Waals surface area contributed by atoms with Crippen LogP contribution in [0.5, 0.6) is 0 Å². The summed E-state index contributed by atoms with van der Waals surface area (Å²) in [4.78, 5) is 0. The van der Waals surface area contributed by atoms with Gasteiger partial charge in [-0.15, -0.1) is 29.9 Å². The van der Waals surface area contributed by atoms with Gasteiger partial charge in [0.15, 0.2) is 0 Å². The van der Waals surface area contributed by atoms with Gasteiger partial charge in [0.25, 0.3) is 0 Å². The topological polar surface area (TPSA) is 13.1 Å². The van der Waals surface area contributed by atoms with Crippen LogP contribution in [0.15, 0.2) is 34.7 Å². The van der Waals surface area contributed by atoms with E-state index in [2.05, 4.69) is 6.26 Å². The first-order valence-electron chi connectivity index (χ1n) is 2.81. The van der Waals surface area contributed by atoms with Gasteiger partial charge in [-0.2, -0.15) is 0 Å². The van der Waals surface area contributed by atoms with Crippen molar-refractivity contribution in [3.05, 3.63) is 36.6 Å². The van der Waals surface area contributed by atoms with Crippen molar-refractivity contribution in [2.75, 3.05) is 0 Å². The molecule has 1 aromatic heterocycles. The van der Waals surface area contributed by atoms with E-state index < -0.39 is 0 Å². The second-order valence-corrected chi connectivity index (χ2v) is 1.90. The molecule has 11 heavy (non-hydrogen) atoms. The van der Waals surface area contributed by atoms with Crippen LogP contribution in [0.1, 0.15) is 0 Å². The Morgan fingerprint density at radius 3 is 2.64 bits per heavy atom. The van der Waals surface area contributed by atoms with Gasteiger partial charge in [0, 0.05) is 19.5 Å². The van der Waals surface area contributed by atoms with Crippen molar-refractivity contribution in [3.63, 3.8) is 0 Å². The molecule has 54 valence electrons. The molecule has 3 heteroatoms. The van der Waals surface area contributed by atoms with Crippen molar-refractivity contribution in [1.29, 1.82) is 0 Å². The summed E-state index contributed by atoms with van der Waals surface area (Å²) >= 11 is 0. The predicted molar refractivity (Wildman–Crippen MR) is 42.3 cm³/mol. The third kappa shape index (κ3) is 2.05. The minimum atomic E-state index is 0. The molecule has 1 aromatic carbocycles. The Morgan fingerprint density at radius 1 is 1.18 bits per heavy atom. The molecule has 0 saturated carbocycles. The summed E-state index contributed by atoms with van der Waals surface area (Å²) in [5.74, 6) is 0. The van der Waals surface area contributed by atoms with E-state index in [9.17, 15) is 0 Å². The third-order valence-corrected chi connectivity index (χ3v) is 1.30. The number of benzene rings is 1. The van der Waals surface area contributed by atoms with Crippen LogP contribution in [0.3, 0.4) is 0 Å². The molecule has 0 aliphatic rings. The standard InChI is InChI=1S/C8H5O.ClH.Zn/c1-2-4-8-7(3-1)5-6-9-8;;/h1-5H;1H;/q-1;;. The van der Waals surface area contributed by atoms with Crippen LogP contribution < -0.4 is 0 Å². The smallest absolute Gasteiger partial charge is 0 e. The van der Waals surface area contributed by atoms with E-state index in [0.29, 0.717) is 0 Å². The monoisotopic (exact) mass is 217 g/mol. The van der Waals surface area contributed by atoms with Crippen LogP contribution in [0.25, 0.3) is 11.0 Å². The molecule has 0 fully saturated rings. The van der Waals surface area contributed by atoms with Crippen LogP contribution in [-0.4, -0.2) is 0 Å². The van der Waals surface area contributed by atoms with E-state index in [1.165, 1.54) is 0 Å².